The molecule has 0 aromatic heterocycles. The molecule has 0 amide bonds. The van der Waals surface area contributed by atoms with Crippen molar-refractivity contribution in [1.82, 2.24) is 0 Å². The molecule has 2 rings (SSSR count). The molecular formula is C14H11NO5S. The van der Waals surface area contributed by atoms with E-state index < -0.39 is 10.9 Å². The van der Waals surface area contributed by atoms with Crippen LogP contribution in [0.3, 0.4) is 0 Å². The van der Waals surface area contributed by atoms with Crippen molar-refractivity contribution in [2.75, 3.05) is 6.26 Å². The van der Waals surface area contributed by atoms with Crippen molar-refractivity contribution in [3.05, 3.63) is 58.1 Å². The number of hydrogen-bond donors (Lipinski definition) is 1. The van der Waals surface area contributed by atoms with Crippen LogP contribution in [0.2, 0.25) is 0 Å². The molecule has 21 heavy (non-hydrogen) atoms. The average molecular weight is 305 g/mol. The predicted octanol–water partition coefficient (Wildman–Crippen LogP) is 3.81. The Morgan fingerprint density at radius 3 is 2.43 bits per heavy atom. The third-order valence-corrected chi connectivity index (χ3v) is 3.44. The van der Waals surface area contributed by atoms with Crippen LogP contribution in [0.1, 0.15) is 10.4 Å². The molecule has 1 N–H and O–H groups in total. The molecule has 2 aromatic rings. The van der Waals surface area contributed by atoms with Gasteiger partial charge in [0.05, 0.1) is 11.0 Å². The van der Waals surface area contributed by atoms with Crippen molar-refractivity contribution in [2.24, 2.45) is 0 Å². The summed E-state index contributed by atoms with van der Waals surface area (Å²) < 4.78 is 5.47. The van der Waals surface area contributed by atoms with Gasteiger partial charge in [-0.2, -0.15) is 0 Å². The lowest BCUT2D eigenvalue weighted by Gasteiger charge is -2.09. The number of benzene rings is 2. The summed E-state index contributed by atoms with van der Waals surface area (Å²) >= 11 is 1.56. The second-order valence-electron chi connectivity index (χ2n) is 4.02. The molecule has 7 heteroatoms. The van der Waals surface area contributed by atoms with E-state index in [2.05, 4.69) is 0 Å². The van der Waals surface area contributed by atoms with Gasteiger partial charge in [-0.25, -0.2) is 4.79 Å². The van der Waals surface area contributed by atoms with Crippen LogP contribution >= 0.6 is 11.8 Å². The summed E-state index contributed by atoms with van der Waals surface area (Å²) in [6, 6.07) is 10.4. The Labute approximate surface area is 124 Å². The molecule has 0 unspecified atom stereocenters. The standard InChI is InChI=1S/C14H11NO5S/c1-21-11-5-3-10(4-6-11)20-13-8-9(15(18)19)2-7-12(13)14(16)17/h2-8H,1H3,(H,16,17). The molecule has 6 nitrogen and oxygen atoms in total. The Balaban J connectivity index is 2.37. The number of rotatable bonds is 5. The van der Waals surface area contributed by atoms with Gasteiger partial charge in [0.25, 0.3) is 5.69 Å². The lowest BCUT2D eigenvalue weighted by Crippen LogP contribution is -2.01. The minimum atomic E-state index is -1.21. The van der Waals surface area contributed by atoms with Gasteiger partial charge in [-0.05, 0) is 36.6 Å². The maximum Gasteiger partial charge on any atom is 0.339 e. The van der Waals surface area contributed by atoms with E-state index in [0.29, 0.717) is 5.75 Å². The number of carbonyl (C=O) groups is 1. The summed E-state index contributed by atoms with van der Waals surface area (Å²) in [5, 5.41) is 19.9. The van der Waals surface area contributed by atoms with E-state index in [0.717, 1.165) is 23.1 Å². The van der Waals surface area contributed by atoms with Crippen molar-refractivity contribution in [1.29, 1.82) is 0 Å². The highest BCUT2D eigenvalue weighted by Crippen LogP contribution is 2.30. The molecule has 0 aliphatic heterocycles. The molecule has 0 radical (unpaired) electrons. The van der Waals surface area contributed by atoms with Crippen LogP contribution < -0.4 is 4.74 Å². The number of non-ortho nitro benzene ring substituents is 1. The SMILES string of the molecule is CSc1ccc(Oc2cc([N+](=O)[O-])ccc2C(=O)O)cc1. The van der Waals surface area contributed by atoms with Crippen LogP contribution in [0.15, 0.2) is 47.4 Å². The third-order valence-electron chi connectivity index (χ3n) is 2.69. The zero-order valence-corrected chi connectivity index (χ0v) is 11.8. The Kier molecular flexibility index (Phi) is 4.44. The zero-order valence-electron chi connectivity index (χ0n) is 11.0. The largest absolute Gasteiger partial charge is 0.478 e. The van der Waals surface area contributed by atoms with E-state index in [1.54, 1.807) is 23.9 Å². The second-order valence-corrected chi connectivity index (χ2v) is 4.90. The number of aromatic carboxylic acids is 1. The Morgan fingerprint density at radius 1 is 1.24 bits per heavy atom. The molecule has 108 valence electrons. The van der Waals surface area contributed by atoms with Crippen molar-refractivity contribution < 1.29 is 19.6 Å². The fraction of sp³-hybridized carbons (Fsp3) is 0.0714. The fourth-order valence-electron chi connectivity index (χ4n) is 1.66. The van der Waals surface area contributed by atoms with Crippen LogP contribution in [-0.4, -0.2) is 22.3 Å². The normalized spacial score (nSPS) is 10.1. The van der Waals surface area contributed by atoms with Gasteiger partial charge in [-0.1, -0.05) is 0 Å². The van der Waals surface area contributed by atoms with Crippen molar-refractivity contribution in [3.8, 4) is 11.5 Å². The molecule has 2 aromatic carbocycles. The smallest absolute Gasteiger partial charge is 0.339 e. The molecule has 0 aliphatic rings. The van der Waals surface area contributed by atoms with Crippen LogP contribution in [0.4, 0.5) is 5.69 Å². The summed E-state index contributed by atoms with van der Waals surface area (Å²) in [6.07, 6.45) is 1.93. The molecule has 0 spiro atoms. The maximum absolute atomic E-state index is 11.1. The molecule has 0 saturated carbocycles. The minimum Gasteiger partial charge on any atom is -0.478 e. The lowest BCUT2D eigenvalue weighted by atomic mass is 10.2. The minimum absolute atomic E-state index is 0.0615. The highest BCUT2D eigenvalue weighted by atomic mass is 32.2. The number of nitro groups is 1. The first-order valence-electron chi connectivity index (χ1n) is 5.85. The molecule has 0 bridgehead atoms. The predicted molar refractivity (Wildman–Crippen MR) is 78.4 cm³/mol. The zero-order chi connectivity index (χ0) is 15.4. The van der Waals surface area contributed by atoms with Crippen LogP contribution in [0.5, 0.6) is 11.5 Å². The van der Waals surface area contributed by atoms with E-state index in [1.165, 1.54) is 0 Å². The average Bonchev–Trinajstić information content (AvgIpc) is 2.47. The maximum atomic E-state index is 11.1. The molecular weight excluding hydrogens is 294 g/mol. The summed E-state index contributed by atoms with van der Waals surface area (Å²) in [5.41, 5.74) is -0.356. The van der Waals surface area contributed by atoms with Crippen LogP contribution in [0.25, 0.3) is 0 Å². The molecule has 0 fully saturated rings. The number of nitrogens with zero attached hydrogens (tertiary/aromatic N) is 1. The van der Waals surface area contributed by atoms with Gasteiger partial charge < -0.3 is 9.84 Å². The quantitative estimate of drug-likeness (QED) is 0.513. The van der Waals surface area contributed by atoms with Gasteiger partial charge in [0.15, 0.2) is 0 Å². The topological polar surface area (TPSA) is 89.7 Å². The summed E-state index contributed by atoms with van der Waals surface area (Å²) in [4.78, 5) is 22.3. The molecule has 0 saturated heterocycles. The van der Waals surface area contributed by atoms with E-state index in [4.69, 9.17) is 9.84 Å². The van der Waals surface area contributed by atoms with Gasteiger partial charge in [-0.15, -0.1) is 11.8 Å². The summed E-state index contributed by atoms with van der Waals surface area (Å²) in [6.45, 7) is 0. The van der Waals surface area contributed by atoms with Crippen molar-refractivity contribution in [2.45, 2.75) is 4.90 Å². The Bertz CT molecular complexity index is 684. The Hall–Kier alpha value is -2.54. The number of carboxylic acid groups (broad SMARTS) is 1. The fourth-order valence-corrected chi connectivity index (χ4v) is 2.06. The van der Waals surface area contributed by atoms with Gasteiger partial charge in [0.1, 0.15) is 17.1 Å². The van der Waals surface area contributed by atoms with E-state index in [9.17, 15) is 14.9 Å². The third kappa shape index (κ3) is 3.51. The van der Waals surface area contributed by atoms with Crippen LogP contribution in [0, 0.1) is 10.1 Å². The molecule has 0 atom stereocenters. The molecule has 0 aliphatic carbocycles. The van der Waals surface area contributed by atoms with Crippen molar-refractivity contribution in [3.63, 3.8) is 0 Å². The highest BCUT2D eigenvalue weighted by Gasteiger charge is 2.17. The first-order valence-corrected chi connectivity index (χ1v) is 7.07. The van der Waals surface area contributed by atoms with Gasteiger partial charge in [0.2, 0.25) is 0 Å². The number of ether oxygens (including phenoxy) is 1. The summed E-state index contributed by atoms with van der Waals surface area (Å²) in [7, 11) is 0. The van der Waals surface area contributed by atoms with E-state index in [-0.39, 0.29) is 17.0 Å². The van der Waals surface area contributed by atoms with Gasteiger partial charge in [0, 0.05) is 11.0 Å². The molecule has 0 heterocycles. The van der Waals surface area contributed by atoms with E-state index >= 15 is 0 Å². The lowest BCUT2D eigenvalue weighted by molar-refractivity contribution is -0.384. The monoisotopic (exact) mass is 305 g/mol. The van der Waals surface area contributed by atoms with Crippen molar-refractivity contribution >= 4 is 23.4 Å². The number of nitro benzene ring substituents is 1. The first kappa shape index (κ1) is 14.9. The second kappa shape index (κ2) is 6.27. The highest BCUT2D eigenvalue weighted by molar-refractivity contribution is 7.98. The van der Waals surface area contributed by atoms with Gasteiger partial charge >= 0.3 is 5.97 Å². The van der Waals surface area contributed by atoms with Crippen LogP contribution in [-0.2, 0) is 0 Å². The number of carboxylic acids is 1. The Morgan fingerprint density at radius 2 is 1.90 bits per heavy atom. The first-order chi connectivity index (χ1) is 10.0. The van der Waals surface area contributed by atoms with Gasteiger partial charge in [-0.3, -0.25) is 10.1 Å². The number of hydrogen-bond acceptors (Lipinski definition) is 5. The van der Waals surface area contributed by atoms with E-state index in [1.807, 2.05) is 18.4 Å². The number of thioether (sulfide) groups is 1. The summed E-state index contributed by atoms with van der Waals surface area (Å²) in [5.74, 6) is -0.856.